The number of hydrogen-bond donors (Lipinski definition) is 2. The van der Waals surface area contributed by atoms with Gasteiger partial charge in [-0.2, -0.15) is 0 Å². The second kappa shape index (κ2) is 12.7. The minimum Gasteiger partial charge on any atom is -0.491 e. The number of rotatable bonds is 10. The highest BCUT2D eigenvalue weighted by Gasteiger charge is 2.35. The molecule has 0 amide bonds. The molecule has 1 saturated heterocycles. The van der Waals surface area contributed by atoms with Crippen molar-refractivity contribution in [1.29, 1.82) is 0 Å². The number of nitrogens with zero attached hydrogens (tertiary/aromatic N) is 3. The Morgan fingerprint density at radius 1 is 1.05 bits per heavy atom. The summed E-state index contributed by atoms with van der Waals surface area (Å²) >= 11 is 0. The Hall–Kier alpha value is -3.65. The fourth-order valence-electron chi connectivity index (χ4n) is 5.41. The Labute approximate surface area is 250 Å². The summed E-state index contributed by atoms with van der Waals surface area (Å²) in [5, 5.41) is 13.7. The monoisotopic (exact) mass is 574 g/mol. The van der Waals surface area contributed by atoms with E-state index in [9.17, 15) is 9.90 Å². The Bertz CT molecular complexity index is 1370. The van der Waals surface area contributed by atoms with Gasteiger partial charge >= 0.3 is 5.97 Å². The third-order valence-electron chi connectivity index (χ3n) is 7.82. The molecule has 1 aromatic carbocycles. The molecule has 1 fully saturated rings. The molecule has 0 spiro atoms. The SMILES string of the molecule is Cc1cccc(C)c1OCCNc1ccc(-c2cnc(C)c([C@H](OC(C)(C)C)C(=O)O)c2N2CCC(C)(C)CC2)cn1. The standard InChI is InChI=1S/C34H46N4O4/c1-22-10-9-11-23(2)30(22)41-19-16-35-27-13-12-25(20-37-27)26-21-36-24(3)28(31(32(39)40)42-33(4,5)6)29(26)38-17-14-34(7,8)15-18-38/h9-13,20-21,31H,14-19H2,1-8H3,(H,35,37)(H,39,40)/t31-/m0/s1. The smallest absolute Gasteiger partial charge is 0.337 e. The number of aromatic nitrogens is 2. The predicted molar refractivity (Wildman–Crippen MR) is 169 cm³/mol. The average molecular weight is 575 g/mol. The largest absolute Gasteiger partial charge is 0.491 e. The molecule has 3 aromatic rings. The van der Waals surface area contributed by atoms with E-state index >= 15 is 0 Å². The van der Waals surface area contributed by atoms with Gasteiger partial charge in [-0.25, -0.2) is 9.78 Å². The van der Waals surface area contributed by atoms with Gasteiger partial charge in [0.2, 0.25) is 0 Å². The molecule has 8 heteroatoms. The van der Waals surface area contributed by atoms with E-state index in [1.165, 1.54) is 0 Å². The molecule has 8 nitrogen and oxygen atoms in total. The van der Waals surface area contributed by atoms with E-state index in [-0.39, 0.29) is 5.41 Å². The summed E-state index contributed by atoms with van der Waals surface area (Å²) in [4.78, 5) is 24.3. The molecule has 0 radical (unpaired) electrons. The molecule has 0 unspecified atom stereocenters. The summed E-state index contributed by atoms with van der Waals surface area (Å²) in [7, 11) is 0. The zero-order valence-electron chi connectivity index (χ0n) is 26.4. The van der Waals surface area contributed by atoms with Crippen molar-refractivity contribution < 1.29 is 19.4 Å². The third-order valence-corrected chi connectivity index (χ3v) is 7.82. The minimum absolute atomic E-state index is 0.240. The summed E-state index contributed by atoms with van der Waals surface area (Å²) in [5.74, 6) is 0.644. The highest BCUT2D eigenvalue weighted by molar-refractivity contribution is 5.86. The van der Waals surface area contributed by atoms with Crippen LogP contribution in [0.2, 0.25) is 0 Å². The predicted octanol–water partition coefficient (Wildman–Crippen LogP) is 7.13. The molecule has 3 heterocycles. The maximum Gasteiger partial charge on any atom is 0.337 e. The van der Waals surface area contributed by atoms with Crippen molar-refractivity contribution in [2.45, 2.75) is 79.9 Å². The summed E-state index contributed by atoms with van der Waals surface area (Å²) in [6, 6.07) is 10.1. The van der Waals surface area contributed by atoms with Crippen molar-refractivity contribution in [3.63, 3.8) is 0 Å². The molecule has 1 atom stereocenters. The van der Waals surface area contributed by atoms with Gasteiger partial charge in [0.25, 0.3) is 0 Å². The lowest BCUT2D eigenvalue weighted by atomic mass is 9.82. The quantitative estimate of drug-likeness (QED) is 0.247. The third kappa shape index (κ3) is 7.59. The zero-order valence-corrected chi connectivity index (χ0v) is 26.4. The average Bonchev–Trinajstić information content (AvgIpc) is 2.91. The molecular weight excluding hydrogens is 528 g/mol. The second-order valence-electron chi connectivity index (χ2n) is 13.0. The Morgan fingerprint density at radius 3 is 2.29 bits per heavy atom. The highest BCUT2D eigenvalue weighted by atomic mass is 16.5. The van der Waals surface area contributed by atoms with Crippen LogP contribution >= 0.6 is 0 Å². The summed E-state index contributed by atoms with van der Waals surface area (Å²) in [6.07, 6.45) is 4.54. The fourth-order valence-corrected chi connectivity index (χ4v) is 5.41. The maximum atomic E-state index is 12.6. The van der Waals surface area contributed by atoms with Gasteiger partial charge in [-0.15, -0.1) is 0 Å². The first kappa shape index (κ1) is 31.3. The van der Waals surface area contributed by atoms with Gasteiger partial charge in [0, 0.05) is 47.9 Å². The van der Waals surface area contributed by atoms with Gasteiger partial charge in [0.15, 0.2) is 6.10 Å². The van der Waals surface area contributed by atoms with Gasteiger partial charge < -0.3 is 24.8 Å². The number of ether oxygens (including phenoxy) is 2. The number of para-hydroxylation sites is 1. The molecule has 2 N–H and O–H groups in total. The topological polar surface area (TPSA) is 96.8 Å². The number of aliphatic carboxylic acids is 1. The van der Waals surface area contributed by atoms with E-state index in [0.29, 0.717) is 24.4 Å². The van der Waals surface area contributed by atoms with Crippen LogP contribution in [-0.2, 0) is 9.53 Å². The van der Waals surface area contributed by atoms with Crippen molar-refractivity contribution in [1.82, 2.24) is 9.97 Å². The summed E-state index contributed by atoms with van der Waals surface area (Å²) in [5.41, 5.74) is 5.71. The van der Waals surface area contributed by atoms with Gasteiger partial charge in [-0.3, -0.25) is 4.98 Å². The van der Waals surface area contributed by atoms with Crippen LogP contribution in [0.25, 0.3) is 11.1 Å². The number of aryl methyl sites for hydroxylation is 3. The van der Waals surface area contributed by atoms with Crippen molar-refractivity contribution in [2.24, 2.45) is 5.41 Å². The Morgan fingerprint density at radius 2 is 1.71 bits per heavy atom. The van der Waals surface area contributed by atoms with E-state index in [0.717, 1.165) is 65.4 Å². The molecule has 1 aliphatic heterocycles. The van der Waals surface area contributed by atoms with Crippen molar-refractivity contribution >= 4 is 17.5 Å². The zero-order chi connectivity index (χ0) is 30.7. The summed E-state index contributed by atoms with van der Waals surface area (Å²) in [6.45, 7) is 18.9. The lowest BCUT2D eigenvalue weighted by Crippen LogP contribution is -2.39. The number of carboxylic acids is 1. The van der Waals surface area contributed by atoms with Crippen LogP contribution in [0.1, 0.15) is 75.9 Å². The number of pyridine rings is 2. The number of anilines is 2. The van der Waals surface area contributed by atoms with Gasteiger partial charge in [-0.1, -0.05) is 32.0 Å². The van der Waals surface area contributed by atoms with Crippen LogP contribution in [0.15, 0.2) is 42.7 Å². The normalized spacial score (nSPS) is 15.8. The first-order chi connectivity index (χ1) is 19.8. The van der Waals surface area contributed by atoms with Crippen LogP contribution < -0.4 is 15.0 Å². The lowest BCUT2D eigenvalue weighted by Gasteiger charge is -2.40. The van der Waals surface area contributed by atoms with E-state index in [4.69, 9.17) is 9.47 Å². The molecule has 4 rings (SSSR count). The fraction of sp³-hybridized carbons (Fsp3) is 0.500. The highest BCUT2D eigenvalue weighted by Crippen LogP contribution is 2.43. The number of carbonyl (C=O) groups is 1. The first-order valence-corrected chi connectivity index (χ1v) is 14.8. The number of piperidine rings is 1. The van der Waals surface area contributed by atoms with Gasteiger partial charge in [-0.05, 0) is 83.1 Å². The molecule has 42 heavy (non-hydrogen) atoms. The van der Waals surface area contributed by atoms with Crippen LogP contribution in [-0.4, -0.2) is 52.9 Å². The van der Waals surface area contributed by atoms with Crippen molar-refractivity contribution in [2.75, 3.05) is 36.5 Å². The number of benzene rings is 1. The second-order valence-corrected chi connectivity index (χ2v) is 13.0. The molecule has 0 bridgehead atoms. The van der Waals surface area contributed by atoms with Crippen LogP contribution in [0.4, 0.5) is 11.5 Å². The number of hydrogen-bond acceptors (Lipinski definition) is 7. The molecule has 1 aliphatic rings. The minimum atomic E-state index is -1.15. The van der Waals surface area contributed by atoms with Crippen LogP contribution in [0, 0.1) is 26.2 Å². The van der Waals surface area contributed by atoms with Crippen molar-refractivity contribution in [3.8, 4) is 16.9 Å². The summed E-state index contributed by atoms with van der Waals surface area (Å²) < 4.78 is 12.2. The molecule has 226 valence electrons. The van der Waals surface area contributed by atoms with E-state index in [1.807, 2.05) is 84.3 Å². The molecule has 2 aromatic heterocycles. The van der Waals surface area contributed by atoms with E-state index in [2.05, 4.69) is 34.0 Å². The van der Waals surface area contributed by atoms with Crippen molar-refractivity contribution in [3.05, 3.63) is 65.1 Å². The number of carboxylic acid groups (broad SMARTS) is 1. The van der Waals surface area contributed by atoms with Gasteiger partial charge in [0.1, 0.15) is 18.2 Å². The molecule has 0 aliphatic carbocycles. The number of nitrogens with one attached hydrogen (secondary N) is 1. The maximum absolute atomic E-state index is 12.6. The first-order valence-electron chi connectivity index (χ1n) is 14.8. The lowest BCUT2D eigenvalue weighted by molar-refractivity contribution is -0.160. The van der Waals surface area contributed by atoms with E-state index in [1.54, 1.807) is 0 Å². The Kier molecular flexibility index (Phi) is 9.46. The van der Waals surface area contributed by atoms with E-state index < -0.39 is 17.7 Å². The Balaban J connectivity index is 1.62. The van der Waals surface area contributed by atoms with Crippen LogP contribution in [0.3, 0.4) is 0 Å². The van der Waals surface area contributed by atoms with Gasteiger partial charge in [0.05, 0.1) is 17.8 Å². The van der Waals surface area contributed by atoms with Crippen LogP contribution in [0.5, 0.6) is 5.75 Å². The molecular formula is C34H46N4O4. The molecule has 0 saturated carbocycles.